The molecule has 4 rings (SSSR count). The fraction of sp³-hybridized carbons (Fsp3) is 0.381. The van der Waals surface area contributed by atoms with Crippen LogP contribution in [0.3, 0.4) is 0 Å². The van der Waals surface area contributed by atoms with Gasteiger partial charge in [0.2, 0.25) is 0 Å². The van der Waals surface area contributed by atoms with Crippen molar-refractivity contribution < 1.29 is 4.79 Å². The lowest BCUT2D eigenvalue weighted by Crippen LogP contribution is -2.32. The lowest BCUT2D eigenvalue weighted by Gasteiger charge is -2.29. The predicted octanol–water partition coefficient (Wildman–Crippen LogP) is 3.38. The summed E-state index contributed by atoms with van der Waals surface area (Å²) in [4.78, 5) is 11.8. The third-order valence-corrected chi connectivity index (χ3v) is 5.40. The SMILES string of the molecule is CC(=O)c1ccc2c(c1)CCC1=CC=CNC1C2=C1CCNCC1. The van der Waals surface area contributed by atoms with Gasteiger partial charge in [0.05, 0.1) is 6.04 Å². The van der Waals surface area contributed by atoms with E-state index in [4.69, 9.17) is 0 Å². The molecule has 0 radical (unpaired) electrons. The van der Waals surface area contributed by atoms with Gasteiger partial charge in [0, 0.05) is 5.56 Å². The van der Waals surface area contributed by atoms with E-state index in [0.717, 1.165) is 44.3 Å². The highest BCUT2D eigenvalue weighted by Crippen LogP contribution is 2.38. The standard InChI is InChI=1S/C21H24N2O/c1-14(24)17-6-7-19-18(13-17)5-4-16-3-2-10-23-21(16)20(19)15-8-11-22-12-9-15/h2-3,6-7,10,13,21-23H,4-5,8-9,11-12H2,1H3. The number of piperidine rings is 1. The van der Waals surface area contributed by atoms with Crippen molar-refractivity contribution in [1.29, 1.82) is 0 Å². The summed E-state index contributed by atoms with van der Waals surface area (Å²) in [6.45, 7) is 3.76. The molecule has 3 aliphatic rings. The maximum atomic E-state index is 11.8. The van der Waals surface area contributed by atoms with Crippen LogP contribution in [0.5, 0.6) is 0 Å². The van der Waals surface area contributed by atoms with E-state index in [0.29, 0.717) is 0 Å². The van der Waals surface area contributed by atoms with Gasteiger partial charge in [-0.05, 0) is 86.3 Å². The molecule has 2 N–H and O–H groups in total. The molecule has 124 valence electrons. The Balaban J connectivity index is 1.88. The summed E-state index contributed by atoms with van der Waals surface area (Å²) in [6.07, 6.45) is 10.7. The molecule has 1 aliphatic carbocycles. The summed E-state index contributed by atoms with van der Waals surface area (Å²) in [5.74, 6) is 0.148. The number of rotatable bonds is 1. The Morgan fingerprint density at radius 1 is 1.12 bits per heavy atom. The van der Waals surface area contributed by atoms with Crippen molar-refractivity contribution in [1.82, 2.24) is 10.6 Å². The number of carbonyl (C=O) groups is 1. The van der Waals surface area contributed by atoms with Crippen LogP contribution in [0, 0.1) is 0 Å². The molecule has 1 unspecified atom stereocenters. The summed E-state index contributed by atoms with van der Waals surface area (Å²) in [7, 11) is 0. The molecule has 0 saturated carbocycles. The second kappa shape index (κ2) is 6.40. The van der Waals surface area contributed by atoms with Crippen LogP contribution in [0.4, 0.5) is 0 Å². The maximum absolute atomic E-state index is 11.8. The number of Topliss-reactive ketones (excluding diaryl/α,β-unsaturated/α-hetero) is 1. The largest absolute Gasteiger partial charge is 0.380 e. The van der Waals surface area contributed by atoms with Gasteiger partial charge in [-0.25, -0.2) is 0 Å². The predicted molar refractivity (Wildman–Crippen MR) is 97.9 cm³/mol. The number of hydrogen-bond donors (Lipinski definition) is 2. The van der Waals surface area contributed by atoms with E-state index in [1.807, 2.05) is 6.07 Å². The number of carbonyl (C=O) groups excluding carboxylic acids is 1. The third kappa shape index (κ3) is 2.73. The number of benzene rings is 1. The smallest absolute Gasteiger partial charge is 0.159 e. The molecule has 0 amide bonds. The van der Waals surface area contributed by atoms with Gasteiger partial charge in [0.1, 0.15) is 0 Å². The van der Waals surface area contributed by atoms with E-state index < -0.39 is 0 Å². The van der Waals surface area contributed by atoms with Crippen molar-refractivity contribution in [2.75, 3.05) is 13.1 Å². The van der Waals surface area contributed by atoms with Gasteiger partial charge in [-0.15, -0.1) is 0 Å². The van der Waals surface area contributed by atoms with Gasteiger partial charge in [0.25, 0.3) is 0 Å². The summed E-state index contributed by atoms with van der Waals surface area (Å²) in [5.41, 5.74) is 7.96. The van der Waals surface area contributed by atoms with E-state index in [2.05, 4.69) is 41.1 Å². The van der Waals surface area contributed by atoms with Gasteiger partial charge in [-0.2, -0.15) is 0 Å². The summed E-state index contributed by atoms with van der Waals surface area (Å²) < 4.78 is 0. The first-order chi connectivity index (χ1) is 11.7. The molecule has 1 atom stereocenters. The lowest BCUT2D eigenvalue weighted by atomic mass is 9.85. The zero-order valence-corrected chi connectivity index (χ0v) is 14.2. The van der Waals surface area contributed by atoms with Crippen LogP contribution in [0.1, 0.15) is 47.7 Å². The Kier molecular flexibility index (Phi) is 4.11. The minimum Gasteiger partial charge on any atom is -0.380 e. The molecular formula is C21H24N2O. The van der Waals surface area contributed by atoms with Crippen LogP contribution in [-0.4, -0.2) is 24.9 Å². The molecule has 2 aliphatic heterocycles. The van der Waals surface area contributed by atoms with Crippen LogP contribution >= 0.6 is 0 Å². The Labute approximate surface area is 143 Å². The minimum absolute atomic E-state index is 0.148. The van der Waals surface area contributed by atoms with E-state index in [9.17, 15) is 4.79 Å². The number of nitrogens with one attached hydrogen (secondary N) is 2. The monoisotopic (exact) mass is 320 g/mol. The van der Waals surface area contributed by atoms with Crippen LogP contribution < -0.4 is 10.6 Å². The van der Waals surface area contributed by atoms with Crippen molar-refractivity contribution >= 4 is 11.4 Å². The molecule has 0 spiro atoms. The Bertz CT molecular complexity index is 762. The van der Waals surface area contributed by atoms with Crippen molar-refractivity contribution in [3.8, 4) is 0 Å². The van der Waals surface area contributed by atoms with E-state index >= 15 is 0 Å². The minimum atomic E-state index is 0.148. The highest BCUT2D eigenvalue weighted by atomic mass is 16.1. The molecule has 2 heterocycles. The maximum Gasteiger partial charge on any atom is 0.159 e. The average molecular weight is 320 g/mol. The van der Waals surface area contributed by atoms with Gasteiger partial charge < -0.3 is 10.6 Å². The van der Waals surface area contributed by atoms with Crippen molar-refractivity contribution in [2.24, 2.45) is 0 Å². The van der Waals surface area contributed by atoms with E-state index in [-0.39, 0.29) is 11.8 Å². The highest BCUT2D eigenvalue weighted by molar-refractivity contribution is 5.95. The summed E-state index contributed by atoms with van der Waals surface area (Å²) in [5, 5.41) is 7.05. The number of allylic oxidation sites excluding steroid dienone is 2. The Morgan fingerprint density at radius 3 is 2.75 bits per heavy atom. The van der Waals surface area contributed by atoms with Gasteiger partial charge in [-0.3, -0.25) is 4.79 Å². The first-order valence-electron chi connectivity index (χ1n) is 8.92. The van der Waals surface area contributed by atoms with E-state index in [1.54, 1.807) is 12.5 Å². The molecule has 3 nitrogen and oxygen atoms in total. The zero-order valence-electron chi connectivity index (χ0n) is 14.2. The number of ketones is 1. The molecule has 1 fully saturated rings. The average Bonchev–Trinajstić information content (AvgIpc) is 2.78. The number of fused-ring (bicyclic) bond motifs is 2. The fourth-order valence-corrected chi connectivity index (χ4v) is 4.13. The van der Waals surface area contributed by atoms with Crippen molar-refractivity contribution in [2.45, 2.75) is 38.6 Å². The van der Waals surface area contributed by atoms with Gasteiger partial charge in [0.15, 0.2) is 5.78 Å². The second-order valence-corrected chi connectivity index (χ2v) is 6.90. The van der Waals surface area contributed by atoms with Crippen LogP contribution in [-0.2, 0) is 6.42 Å². The Morgan fingerprint density at radius 2 is 1.96 bits per heavy atom. The zero-order chi connectivity index (χ0) is 16.5. The molecule has 1 aromatic rings. The molecule has 0 bridgehead atoms. The van der Waals surface area contributed by atoms with Crippen molar-refractivity contribution in [3.05, 3.63) is 64.4 Å². The lowest BCUT2D eigenvalue weighted by molar-refractivity contribution is 0.101. The van der Waals surface area contributed by atoms with Crippen molar-refractivity contribution in [3.63, 3.8) is 0 Å². The molecule has 1 aromatic carbocycles. The Hall–Kier alpha value is -2.13. The number of aryl methyl sites for hydroxylation is 1. The van der Waals surface area contributed by atoms with Gasteiger partial charge >= 0.3 is 0 Å². The highest BCUT2D eigenvalue weighted by Gasteiger charge is 2.29. The molecule has 1 saturated heterocycles. The van der Waals surface area contributed by atoms with Crippen LogP contribution in [0.25, 0.3) is 5.57 Å². The van der Waals surface area contributed by atoms with Crippen LogP contribution in [0.2, 0.25) is 0 Å². The number of dihydropyridines is 1. The molecule has 24 heavy (non-hydrogen) atoms. The topological polar surface area (TPSA) is 41.1 Å². The van der Waals surface area contributed by atoms with Crippen LogP contribution in [0.15, 0.2) is 47.7 Å². The normalized spacial score (nSPS) is 22.9. The fourth-order valence-electron chi connectivity index (χ4n) is 4.13. The molecule has 0 aromatic heterocycles. The van der Waals surface area contributed by atoms with E-state index in [1.165, 1.54) is 22.3 Å². The molecule has 3 heteroatoms. The van der Waals surface area contributed by atoms with Gasteiger partial charge in [-0.1, -0.05) is 23.8 Å². The summed E-state index contributed by atoms with van der Waals surface area (Å²) in [6, 6.07) is 6.58. The molecular weight excluding hydrogens is 296 g/mol. The number of hydrogen-bond acceptors (Lipinski definition) is 3. The quantitative estimate of drug-likeness (QED) is 0.779. The second-order valence-electron chi connectivity index (χ2n) is 6.90. The third-order valence-electron chi connectivity index (χ3n) is 5.40. The first kappa shape index (κ1) is 15.4. The first-order valence-corrected chi connectivity index (χ1v) is 8.92. The summed E-state index contributed by atoms with van der Waals surface area (Å²) >= 11 is 0.